The molecular formula is C16H23F3N2. The lowest BCUT2D eigenvalue weighted by molar-refractivity contribution is -0.147. The lowest BCUT2D eigenvalue weighted by Crippen LogP contribution is -2.34. The third-order valence-electron chi connectivity index (χ3n) is 3.61. The van der Waals surface area contributed by atoms with Crippen LogP contribution in [-0.4, -0.2) is 30.2 Å². The Kier molecular flexibility index (Phi) is 5.65. The maximum absolute atomic E-state index is 12.6. The average Bonchev–Trinajstić information content (AvgIpc) is 3.20. The van der Waals surface area contributed by atoms with E-state index in [-0.39, 0.29) is 0 Å². The molecule has 1 aliphatic carbocycles. The van der Waals surface area contributed by atoms with E-state index in [2.05, 4.69) is 5.32 Å². The molecule has 1 aromatic rings. The molecule has 2 rings (SSSR count). The molecule has 5 heteroatoms. The first-order valence-electron chi connectivity index (χ1n) is 7.57. The van der Waals surface area contributed by atoms with Gasteiger partial charge >= 0.3 is 6.18 Å². The third-order valence-corrected chi connectivity index (χ3v) is 3.61. The maximum Gasteiger partial charge on any atom is 0.401 e. The van der Waals surface area contributed by atoms with E-state index in [1.165, 1.54) is 17.7 Å². The molecule has 1 saturated carbocycles. The Labute approximate surface area is 124 Å². The van der Waals surface area contributed by atoms with Gasteiger partial charge in [-0.15, -0.1) is 0 Å². The topological polar surface area (TPSA) is 15.3 Å². The number of rotatable bonds is 8. The average molecular weight is 300 g/mol. The summed E-state index contributed by atoms with van der Waals surface area (Å²) in [5.74, 6) is 0. The standard InChI is InChI=1S/C16H23F3N2/c1-2-9-21(12-16(17,18)19)11-14-6-4-3-5-13(14)10-20-15-7-8-15/h3-6,15,20H,2,7-12H2,1H3. The van der Waals surface area contributed by atoms with Crippen molar-refractivity contribution in [2.24, 2.45) is 0 Å². The summed E-state index contributed by atoms with van der Waals surface area (Å²) in [6, 6.07) is 8.38. The van der Waals surface area contributed by atoms with Crippen LogP contribution >= 0.6 is 0 Å². The first-order chi connectivity index (χ1) is 9.98. The highest BCUT2D eigenvalue weighted by Gasteiger charge is 2.30. The molecule has 0 unspecified atom stereocenters. The molecule has 0 saturated heterocycles. The number of nitrogens with zero attached hydrogens (tertiary/aromatic N) is 1. The molecule has 1 N–H and O–H groups in total. The van der Waals surface area contributed by atoms with Crippen molar-refractivity contribution in [2.75, 3.05) is 13.1 Å². The minimum absolute atomic E-state index is 0.357. The molecule has 21 heavy (non-hydrogen) atoms. The maximum atomic E-state index is 12.6. The smallest absolute Gasteiger partial charge is 0.310 e. The molecule has 118 valence electrons. The summed E-state index contributed by atoms with van der Waals surface area (Å²) in [6.45, 7) is 2.63. The normalized spacial score (nSPS) is 15.7. The van der Waals surface area contributed by atoms with Crippen LogP contribution in [0.2, 0.25) is 0 Å². The number of halogens is 3. The Balaban J connectivity index is 2.00. The number of alkyl halides is 3. The number of nitrogens with one attached hydrogen (secondary N) is 1. The monoisotopic (exact) mass is 300 g/mol. The van der Waals surface area contributed by atoms with Gasteiger partial charge in [0, 0.05) is 19.1 Å². The van der Waals surface area contributed by atoms with E-state index in [4.69, 9.17) is 0 Å². The Bertz CT molecular complexity index is 441. The summed E-state index contributed by atoms with van der Waals surface area (Å²) in [7, 11) is 0. The third kappa shape index (κ3) is 6.06. The minimum atomic E-state index is -4.14. The SMILES string of the molecule is CCCN(Cc1ccccc1CNC1CC1)CC(F)(F)F. The molecule has 0 aliphatic heterocycles. The summed E-state index contributed by atoms with van der Waals surface area (Å²) in [6.07, 6.45) is -1.01. The van der Waals surface area contributed by atoms with E-state index in [0.717, 1.165) is 24.1 Å². The van der Waals surface area contributed by atoms with Crippen LogP contribution in [0.25, 0.3) is 0 Å². The highest BCUT2D eigenvalue weighted by molar-refractivity contribution is 5.27. The van der Waals surface area contributed by atoms with Crippen LogP contribution in [0.4, 0.5) is 13.2 Å². The van der Waals surface area contributed by atoms with E-state index >= 15 is 0 Å². The van der Waals surface area contributed by atoms with Crippen molar-refractivity contribution >= 4 is 0 Å². The highest BCUT2D eigenvalue weighted by Crippen LogP contribution is 2.22. The van der Waals surface area contributed by atoms with Crippen molar-refractivity contribution in [1.29, 1.82) is 0 Å². The van der Waals surface area contributed by atoms with Crippen LogP contribution in [-0.2, 0) is 13.1 Å². The van der Waals surface area contributed by atoms with Crippen LogP contribution in [0.5, 0.6) is 0 Å². The zero-order valence-corrected chi connectivity index (χ0v) is 12.4. The van der Waals surface area contributed by atoms with Crippen molar-refractivity contribution in [3.63, 3.8) is 0 Å². The van der Waals surface area contributed by atoms with Crippen molar-refractivity contribution in [3.05, 3.63) is 35.4 Å². The van der Waals surface area contributed by atoms with Gasteiger partial charge in [0.2, 0.25) is 0 Å². The van der Waals surface area contributed by atoms with Crippen molar-refractivity contribution in [2.45, 2.75) is 51.5 Å². The Morgan fingerprint density at radius 1 is 1.19 bits per heavy atom. The van der Waals surface area contributed by atoms with Gasteiger partial charge in [-0.25, -0.2) is 0 Å². The second-order valence-corrected chi connectivity index (χ2v) is 5.75. The molecule has 0 bridgehead atoms. The molecule has 1 aromatic carbocycles. The van der Waals surface area contributed by atoms with Gasteiger partial charge in [-0.05, 0) is 36.9 Å². The van der Waals surface area contributed by atoms with Crippen LogP contribution in [0, 0.1) is 0 Å². The van der Waals surface area contributed by atoms with Crippen LogP contribution in [0.1, 0.15) is 37.3 Å². The molecule has 0 atom stereocenters. The molecule has 0 spiro atoms. The van der Waals surface area contributed by atoms with Gasteiger partial charge < -0.3 is 5.32 Å². The zero-order chi connectivity index (χ0) is 15.3. The van der Waals surface area contributed by atoms with Crippen LogP contribution < -0.4 is 5.32 Å². The number of hydrogen-bond donors (Lipinski definition) is 1. The van der Waals surface area contributed by atoms with Crippen LogP contribution in [0.15, 0.2) is 24.3 Å². The fourth-order valence-corrected chi connectivity index (χ4v) is 2.45. The molecule has 0 amide bonds. The van der Waals surface area contributed by atoms with Crippen LogP contribution in [0.3, 0.4) is 0 Å². The number of benzene rings is 1. The summed E-state index contributed by atoms with van der Waals surface area (Å²) in [4.78, 5) is 1.48. The van der Waals surface area contributed by atoms with Gasteiger partial charge in [0.1, 0.15) is 0 Å². The summed E-state index contributed by atoms with van der Waals surface area (Å²) < 4.78 is 37.9. The first kappa shape index (κ1) is 16.3. The second kappa shape index (κ2) is 7.27. The lowest BCUT2D eigenvalue weighted by Gasteiger charge is -2.24. The fraction of sp³-hybridized carbons (Fsp3) is 0.625. The van der Waals surface area contributed by atoms with Gasteiger partial charge in [-0.2, -0.15) is 13.2 Å². The number of hydrogen-bond acceptors (Lipinski definition) is 2. The zero-order valence-electron chi connectivity index (χ0n) is 12.4. The van der Waals surface area contributed by atoms with E-state index in [9.17, 15) is 13.2 Å². The predicted octanol–water partition coefficient (Wildman–Crippen LogP) is 3.71. The highest BCUT2D eigenvalue weighted by atomic mass is 19.4. The Hall–Kier alpha value is -1.07. The lowest BCUT2D eigenvalue weighted by atomic mass is 10.1. The summed E-state index contributed by atoms with van der Waals surface area (Å²) in [5.41, 5.74) is 2.09. The first-order valence-corrected chi connectivity index (χ1v) is 7.57. The van der Waals surface area contributed by atoms with E-state index in [1.807, 2.05) is 31.2 Å². The molecule has 2 nitrogen and oxygen atoms in total. The largest absolute Gasteiger partial charge is 0.401 e. The molecular weight excluding hydrogens is 277 g/mol. The minimum Gasteiger partial charge on any atom is -0.310 e. The van der Waals surface area contributed by atoms with Crippen molar-refractivity contribution < 1.29 is 13.2 Å². The van der Waals surface area contributed by atoms with E-state index in [1.54, 1.807) is 0 Å². The Morgan fingerprint density at radius 3 is 2.43 bits per heavy atom. The van der Waals surface area contributed by atoms with Gasteiger partial charge in [0.15, 0.2) is 0 Å². The van der Waals surface area contributed by atoms with E-state index < -0.39 is 12.7 Å². The van der Waals surface area contributed by atoms with E-state index in [0.29, 0.717) is 19.1 Å². The molecule has 1 fully saturated rings. The summed E-state index contributed by atoms with van der Waals surface area (Å²) >= 11 is 0. The fourth-order valence-electron chi connectivity index (χ4n) is 2.45. The molecule has 0 radical (unpaired) electrons. The van der Waals surface area contributed by atoms with Gasteiger partial charge in [0.25, 0.3) is 0 Å². The van der Waals surface area contributed by atoms with Crippen molar-refractivity contribution in [3.8, 4) is 0 Å². The predicted molar refractivity (Wildman–Crippen MR) is 77.9 cm³/mol. The summed E-state index contributed by atoms with van der Waals surface area (Å²) in [5, 5.41) is 3.43. The van der Waals surface area contributed by atoms with Gasteiger partial charge in [-0.3, -0.25) is 4.90 Å². The Morgan fingerprint density at radius 2 is 1.86 bits per heavy atom. The second-order valence-electron chi connectivity index (χ2n) is 5.75. The molecule has 1 aliphatic rings. The van der Waals surface area contributed by atoms with Crippen molar-refractivity contribution in [1.82, 2.24) is 10.2 Å². The quantitative estimate of drug-likeness (QED) is 0.787. The molecule has 0 aromatic heterocycles. The van der Waals surface area contributed by atoms with Gasteiger partial charge in [-0.1, -0.05) is 31.2 Å². The van der Waals surface area contributed by atoms with Gasteiger partial charge in [0.05, 0.1) is 6.54 Å². The molecule has 0 heterocycles.